The molecule has 0 radical (unpaired) electrons. The number of halogens is 2. The van der Waals surface area contributed by atoms with Crippen molar-refractivity contribution in [2.24, 2.45) is 5.92 Å². The lowest BCUT2D eigenvalue weighted by Gasteiger charge is -2.27. The number of ether oxygens (including phenoxy) is 1. The van der Waals surface area contributed by atoms with Crippen LogP contribution in [0.3, 0.4) is 0 Å². The van der Waals surface area contributed by atoms with E-state index in [1.54, 1.807) is 0 Å². The first kappa shape index (κ1) is 17.3. The van der Waals surface area contributed by atoms with Crippen LogP contribution in [0.5, 0.6) is 5.75 Å². The Morgan fingerprint density at radius 3 is 2.76 bits per heavy atom. The first-order valence-electron chi connectivity index (χ1n) is 7.61. The van der Waals surface area contributed by atoms with Crippen molar-refractivity contribution in [2.45, 2.75) is 45.3 Å². The van der Waals surface area contributed by atoms with E-state index in [0.29, 0.717) is 12.5 Å². The monoisotopic (exact) mass is 419 g/mol. The first-order valence-corrected chi connectivity index (χ1v) is 9.20. The molecule has 0 bridgehead atoms. The molecular formula is C16H23Br2NO2. The van der Waals surface area contributed by atoms with Gasteiger partial charge in [0.05, 0.1) is 17.2 Å². The highest BCUT2D eigenvalue weighted by atomic mass is 79.9. The van der Waals surface area contributed by atoms with Crippen LogP contribution in [0.2, 0.25) is 0 Å². The number of aliphatic hydroxyl groups is 1. The van der Waals surface area contributed by atoms with E-state index in [0.717, 1.165) is 52.6 Å². The molecule has 1 aliphatic carbocycles. The summed E-state index contributed by atoms with van der Waals surface area (Å²) >= 11 is 7.08. The SMILES string of the molecule is CCOc1c(Br)cc(Br)cc1CNCC1CCCCC1O. The van der Waals surface area contributed by atoms with E-state index >= 15 is 0 Å². The molecule has 2 atom stereocenters. The van der Waals surface area contributed by atoms with E-state index in [1.807, 2.05) is 13.0 Å². The molecule has 0 spiro atoms. The quantitative estimate of drug-likeness (QED) is 0.722. The maximum absolute atomic E-state index is 10.0. The number of hydrogen-bond donors (Lipinski definition) is 2. The van der Waals surface area contributed by atoms with Gasteiger partial charge in [0.2, 0.25) is 0 Å². The van der Waals surface area contributed by atoms with Gasteiger partial charge in [-0.3, -0.25) is 0 Å². The minimum absolute atomic E-state index is 0.146. The van der Waals surface area contributed by atoms with Crippen molar-refractivity contribution >= 4 is 31.9 Å². The van der Waals surface area contributed by atoms with E-state index in [2.05, 4.69) is 43.2 Å². The zero-order valence-electron chi connectivity index (χ0n) is 12.4. The van der Waals surface area contributed by atoms with Gasteiger partial charge in [0.15, 0.2) is 0 Å². The van der Waals surface area contributed by atoms with Crippen molar-refractivity contribution in [2.75, 3.05) is 13.2 Å². The Labute approximate surface area is 143 Å². The summed E-state index contributed by atoms with van der Waals surface area (Å²) in [7, 11) is 0. The van der Waals surface area contributed by atoms with Gasteiger partial charge in [-0.1, -0.05) is 28.8 Å². The molecule has 0 saturated heterocycles. The smallest absolute Gasteiger partial charge is 0.138 e. The fourth-order valence-corrected chi connectivity index (χ4v) is 4.30. The normalized spacial score (nSPS) is 22.3. The topological polar surface area (TPSA) is 41.5 Å². The molecule has 2 rings (SSSR count). The maximum Gasteiger partial charge on any atom is 0.138 e. The zero-order valence-corrected chi connectivity index (χ0v) is 15.5. The highest BCUT2D eigenvalue weighted by Gasteiger charge is 2.22. The van der Waals surface area contributed by atoms with E-state index in [1.165, 1.54) is 6.42 Å². The van der Waals surface area contributed by atoms with Gasteiger partial charge in [0.1, 0.15) is 5.75 Å². The Morgan fingerprint density at radius 2 is 2.05 bits per heavy atom. The summed E-state index contributed by atoms with van der Waals surface area (Å²) in [6.45, 7) is 4.24. The average Bonchev–Trinajstić information content (AvgIpc) is 2.44. The molecule has 3 nitrogen and oxygen atoms in total. The summed E-state index contributed by atoms with van der Waals surface area (Å²) in [5.41, 5.74) is 1.13. The van der Waals surface area contributed by atoms with Crippen molar-refractivity contribution in [3.8, 4) is 5.75 Å². The first-order chi connectivity index (χ1) is 10.1. The number of rotatable bonds is 6. The van der Waals surface area contributed by atoms with Gasteiger partial charge in [-0.15, -0.1) is 0 Å². The Kier molecular flexibility index (Phi) is 6.99. The lowest BCUT2D eigenvalue weighted by Crippen LogP contribution is -2.33. The van der Waals surface area contributed by atoms with Gasteiger partial charge in [-0.05, 0) is 53.7 Å². The van der Waals surface area contributed by atoms with Crippen molar-refractivity contribution in [1.82, 2.24) is 5.32 Å². The van der Waals surface area contributed by atoms with E-state index in [9.17, 15) is 5.11 Å². The maximum atomic E-state index is 10.0. The summed E-state index contributed by atoms with van der Waals surface area (Å²) in [5, 5.41) is 13.5. The van der Waals surface area contributed by atoms with Crippen molar-refractivity contribution in [3.05, 3.63) is 26.6 Å². The van der Waals surface area contributed by atoms with Crippen molar-refractivity contribution in [1.29, 1.82) is 0 Å². The zero-order chi connectivity index (χ0) is 15.2. The predicted octanol–water partition coefficient (Wildman–Crippen LogP) is 4.25. The Balaban J connectivity index is 1.95. The summed E-state index contributed by atoms with van der Waals surface area (Å²) < 4.78 is 7.73. The van der Waals surface area contributed by atoms with Crippen molar-refractivity contribution in [3.63, 3.8) is 0 Å². The molecule has 5 heteroatoms. The van der Waals surface area contributed by atoms with Crippen LogP contribution >= 0.6 is 31.9 Å². The largest absolute Gasteiger partial charge is 0.492 e. The standard InChI is InChI=1S/C16H23Br2NO2/c1-2-21-16-12(7-13(17)8-14(16)18)10-19-9-11-5-3-4-6-15(11)20/h7-8,11,15,19-20H,2-6,9-10H2,1H3. The van der Waals surface area contributed by atoms with Crippen molar-refractivity contribution < 1.29 is 9.84 Å². The van der Waals surface area contributed by atoms with Gasteiger partial charge in [-0.2, -0.15) is 0 Å². The molecule has 0 heterocycles. The average molecular weight is 421 g/mol. The second-order valence-electron chi connectivity index (χ2n) is 5.55. The number of nitrogens with one attached hydrogen (secondary N) is 1. The molecule has 1 aromatic carbocycles. The van der Waals surface area contributed by atoms with Crippen LogP contribution in [0.4, 0.5) is 0 Å². The molecule has 2 N–H and O–H groups in total. The summed E-state index contributed by atoms with van der Waals surface area (Å²) in [5.74, 6) is 1.28. The van der Waals surface area contributed by atoms with Gasteiger partial charge < -0.3 is 15.2 Å². The predicted molar refractivity (Wildman–Crippen MR) is 92.7 cm³/mol. The summed E-state index contributed by atoms with van der Waals surface area (Å²) in [6.07, 6.45) is 4.31. The molecular weight excluding hydrogens is 398 g/mol. The summed E-state index contributed by atoms with van der Waals surface area (Å²) in [4.78, 5) is 0. The minimum Gasteiger partial charge on any atom is -0.492 e. The van der Waals surface area contributed by atoms with E-state index < -0.39 is 0 Å². The molecule has 118 valence electrons. The summed E-state index contributed by atoms with van der Waals surface area (Å²) in [6, 6.07) is 4.08. The fourth-order valence-electron chi connectivity index (χ4n) is 2.87. The molecule has 21 heavy (non-hydrogen) atoms. The molecule has 0 amide bonds. The van der Waals surface area contributed by atoms with Crippen LogP contribution < -0.4 is 10.1 Å². The highest BCUT2D eigenvalue weighted by Crippen LogP contribution is 2.33. The Hall–Kier alpha value is -0.100. The van der Waals surface area contributed by atoms with E-state index in [-0.39, 0.29) is 6.10 Å². The van der Waals surface area contributed by atoms with Crippen LogP contribution in [-0.4, -0.2) is 24.4 Å². The lowest BCUT2D eigenvalue weighted by molar-refractivity contribution is 0.0695. The van der Waals surface area contributed by atoms with Crippen LogP contribution in [0.15, 0.2) is 21.1 Å². The number of aliphatic hydroxyl groups excluding tert-OH is 1. The molecule has 1 saturated carbocycles. The van der Waals surface area contributed by atoms with Crippen LogP contribution in [-0.2, 0) is 6.54 Å². The van der Waals surface area contributed by atoms with Crippen LogP contribution in [0, 0.1) is 5.92 Å². The van der Waals surface area contributed by atoms with Crippen LogP contribution in [0.25, 0.3) is 0 Å². The number of hydrogen-bond acceptors (Lipinski definition) is 3. The molecule has 0 aliphatic heterocycles. The third kappa shape index (κ3) is 4.95. The third-order valence-electron chi connectivity index (χ3n) is 3.96. The van der Waals surface area contributed by atoms with E-state index in [4.69, 9.17) is 4.74 Å². The van der Waals surface area contributed by atoms with Crippen LogP contribution in [0.1, 0.15) is 38.2 Å². The van der Waals surface area contributed by atoms with Gasteiger partial charge in [0, 0.05) is 23.1 Å². The molecule has 1 aromatic rings. The molecule has 1 fully saturated rings. The lowest BCUT2D eigenvalue weighted by atomic mass is 9.86. The number of benzene rings is 1. The van der Waals surface area contributed by atoms with Gasteiger partial charge in [0.25, 0.3) is 0 Å². The highest BCUT2D eigenvalue weighted by molar-refractivity contribution is 9.11. The third-order valence-corrected chi connectivity index (χ3v) is 5.01. The second-order valence-corrected chi connectivity index (χ2v) is 7.32. The molecule has 0 aromatic heterocycles. The molecule has 2 unspecified atom stereocenters. The molecule has 1 aliphatic rings. The van der Waals surface area contributed by atoms with Gasteiger partial charge in [-0.25, -0.2) is 0 Å². The van der Waals surface area contributed by atoms with Gasteiger partial charge >= 0.3 is 0 Å². The fraction of sp³-hybridized carbons (Fsp3) is 0.625. The second kappa shape index (κ2) is 8.51. The minimum atomic E-state index is -0.146. The Morgan fingerprint density at radius 1 is 1.29 bits per heavy atom. The Bertz CT molecular complexity index is 468.